The molecular formula is C22H29N3O4S. The van der Waals surface area contributed by atoms with Gasteiger partial charge in [-0.2, -0.15) is 0 Å². The zero-order chi connectivity index (χ0) is 22.6. The summed E-state index contributed by atoms with van der Waals surface area (Å²) in [5.41, 5.74) is 2.64. The quantitative estimate of drug-likeness (QED) is 0.729. The minimum absolute atomic E-state index is 0.0643. The molecular weight excluding hydrogens is 402 g/mol. The first-order valence-corrected chi connectivity index (χ1v) is 11.2. The first kappa shape index (κ1) is 23.6. The Hall–Kier alpha value is -2.71. The second kappa shape index (κ2) is 9.40. The van der Waals surface area contributed by atoms with Crippen molar-refractivity contribution in [2.45, 2.75) is 32.6 Å². The van der Waals surface area contributed by atoms with E-state index in [9.17, 15) is 18.0 Å². The number of anilines is 1. The van der Waals surface area contributed by atoms with E-state index < -0.39 is 15.9 Å². The number of rotatable bonds is 7. The summed E-state index contributed by atoms with van der Waals surface area (Å²) in [7, 11) is -0.764. The molecule has 8 heteroatoms. The summed E-state index contributed by atoms with van der Waals surface area (Å²) in [6.45, 7) is 8.58. The van der Waals surface area contributed by atoms with Crippen LogP contribution in [0.3, 0.4) is 0 Å². The van der Waals surface area contributed by atoms with E-state index in [1.165, 1.54) is 20.2 Å². The lowest BCUT2D eigenvalue weighted by Gasteiger charge is -2.18. The van der Waals surface area contributed by atoms with Crippen molar-refractivity contribution in [2.75, 3.05) is 32.5 Å². The van der Waals surface area contributed by atoms with Crippen LogP contribution in [-0.2, 0) is 10.0 Å². The van der Waals surface area contributed by atoms with Crippen LogP contribution in [0.15, 0.2) is 41.3 Å². The largest absolute Gasteiger partial charge is 0.339 e. The summed E-state index contributed by atoms with van der Waals surface area (Å²) in [5, 5.41) is 2.76. The van der Waals surface area contributed by atoms with Crippen molar-refractivity contribution < 1.29 is 18.0 Å². The van der Waals surface area contributed by atoms with Crippen LogP contribution in [0.25, 0.3) is 0 Å². The molecule has 2 aromatic rings. The number of nitrogens with zero attached hydrogens (tertiary/aromatic N) is 2. The lowest BCUT2D eigenvalue weighted by atomic mass is 10.1. The highest BCUT2D eigenvalue weighted by molar-refractivity contribution is 7.89. The molecule has 162 valence electrons. The molecule has 0 bridgehead atoms. The minimum atomic E-state index is -3.68. The minimum Gasteiger partial charge on any atom is -0.339 e. The fourth-order valence-electron chi connectivity index (χ4n) is 3.02. The first-order chi connectivity index (χ1) is 14.0. The van der Waals surface area contributed by atoms with Crippen molar-refractivity contribution in [3.8, 4) is 0 Å². The number of benzene rings is 2. The summed E-state index contributed by atoms with van der Waals surface area (Å²) >= 11 is 0. The van der Waals surface area contributed by atoms with Gasteiger partial charge in [-0.3, -0.25) is 9.59 Å². The molecule has 0 fully saturated rings. The number of hydrogen-bond donors (Lipinski definition) is 1. The zero-order valence-electron chi connectivity index (χ0n) is 18.3. The second-order valence-corrected chi connectivity index (χ2v) is 9.33. The van der Waals surface area contributed by atoms with Crippen molar-refractivity contribution in [2.24, 2.45) is 0 Å². The van der Waals surface area contributed by atoms with Gasteiger partial charge in [0.2, 0.25) is 10.0 Å². The van der Waals surface area contributed by atoms with Crippen LogP contribution in [-0.4, -0.2) is 56.6 Å². The third-order valence-electron chi connectivity index (χ3n) is 5.08. The van der Waals surface area contributed by atoms with E-state index in [-0.39, 0.29) is 16.4 Å². The molecule has 0 atom stereocenters. The summed E-state index contributed by atoms with van der Waals surface area (Å²) in [5.74, 6) is -0.485. The van der Waals surface area contributed by atoms with E-state index in [0.29, 0.717) is 35.5 Å². The lowest BCUT2D eigenvalue weighted by molar-refractivity contribution is 0.0773. The predicted octanol–water partition coefficient (Wildman–Crippen LogP) is 3.29. The molecule has 0 saturated carbocycles. The van der Waals surface area contributed by atoms with Crippen LogP contribution in [0, 0.1) is 13.8 Å². The zero-order valence-corrected chi connectivity index (χ0v) is 19.1. The van der Waals surface area contributed by atoms with Crippen molar-refractivity contribution >= 4 is 27.5 Å². The number of carbonyl (C=O) groups excluding carboxylic acids is 2. The van der Waals surface area contributed by atoms with Crippen LogP contribution in [0.1, 0.15) is 45.7 Å². The summed E-state index contributed by atoms with van der Waals surface area (Å²) < 4.78 is 26.3. The Morgan fingerprint density at radius 2 is 1.50 bits per heavy atom. The van der Waals surface area contributed by atoms with Crippen molar-refractivity contribution in [3.63, 3.8) is 0 Å². The van der Waals surface area contributed by atoms with Gasteiger partial charge in [0.25, 0.3) is 11.8 Å². The van der Waals surface area contributed by atoms with Crippen LogP contribution >= 0.6 is 0 Å². The molecule has 0 spiro atoms. The predicted molar refractivity (Wildman–Crippen MR) is 118 cm³/mol. The number of sulfonamides is 1. The Morgan fingerprint density at radius 1 is 0.933 bits per heavy atom. The molecule has 0 radical (unpaired) electrons. The van der Waals surface area contributed by atoms with Gasteiger partial charge in [0.15, 0.2) is 0 Å². The molecule has 0 saturated heterocycles. The normalized spacial score (nSPS) is 11.4. The highest BCUT2D eigenvalue weighted by Crippen LogP contribution is 2.24. The molecule has 0 aliphatic heterocycles. The third kappa shape index (κ3) is 4.88. The van der Waals surface area contributed by atoms with Gasteiger partial charge in [-0.05, 0) is 75.2 Å². The number of amides is 2. The summed E-state index contributed by atoms with van der Waals surface area (Å²) in [6, 6.07) is 9.71. The number of aryl methyl sites for hydroxylation is 1. The van der Waals surface area contributed by atoms with Gasteiger partial charge >= 0.3 is 0 Å². The van der Waals surface area contributed by atoms with Gasteiger partial charge < -0.3 is 10.2 Å². The maximum absolute atomic E-state index is 12.8. The van der Waals surface area contributed by atoms with E-state index in [4.69, 9.17) is 0 Å². The van der Waals surface area contributed by atoms with Crippen LogP contribution in [0.5, 0.6) is 0 Å². The average Bonchev–Trinajstić information content (AvgIpc) is 2.70. The Labute approximate surface area is 178 Å². The Balaban J connectivity index is 2.29. The van der Waals surface area contributed by atoms with Gasteiger partial charge in [-0.15, -0.1) is 0 Å². The number of nitrogens with one attached hydrogen (secondary N) is 1. The monoisotopic (exact) mass is 431 g/mol. The maximum Gasteiger partial charge on any atom is 0.255 e. The summed E-state index contributed by atoms with van der Waals surface area (Å²) in [6.07, 6.45) is 0. The van der Waals surface area contributed by atoms with E-state index >= 15 is 0 Å². The molecule has 2 amide bonds. The number of carbonyl (C=O) groups is 2. The molecule has 0 heterocycles. The smallest absolute Gasteiger partial charge is 0.255 e. The second-order valence-electron chi connectivity index (χ2n) is 7.21. The van der Waals surface area contributed by atoms with E-state index in [1.54, 1.807) is 49.1 Å². The van der Waals surface area contributed by atoms with Crippen LogP contribution < -0.4 is 5.32 Å². The van der Waals surface area contributed by atoms with E-state index in [0.717, 1.165) is 4.31 Å². The van der Waals surface area contributed by atoms with Crippen LogP contribution in [0.2, 0.25) is 0 Å². The molecule has 7 nitrogen and oxygen atoms in total. The molecule has 0 unspecified atom stereocenters. The lowest BCUT2D eigenvalue weighted by Crippen LogP contribution is -2.30. The van der Waals surface area contributed by atoms with Crippen molar-refractivity contribution in [1.82, 2.24) is 9.21 Å². The Kier molecular flexibility index (Phi) is 7.39. The van der Waals surface area contributed by atoms with E-state index in [2.05, 4.69) is 5.32 Å². The van der Waals surface area contributed by atoms with Gasteiger partial charge in [0.1, 0.15) is 0 Å². The Bertz CT molecular complexity index is 1040. The van der Waals surface area contributed by atoms with Gasteiger partial charge in [-0.1, -0.05) is 0 Å². The molecule has 2 aromatic carbocycles. The van der Waals surface area contributed by atoms with Gasteiger partial charge in [0.05, 0.1) is 4.90 Å². The van der Waals surface area contributed by atoms with Gasteiger partial charge in [0, 0.05) is 44.0 Å². The van der Waals surface area contributed by atoms with Crippen molar-refractivity contribution in [1.29, 1.82) is 0 Å². The first-order valence-electron chi connectivity index (χ1n) is 9.77. The molecule has 30 heavy (non-hydrogen) atoms. The average molecular weight is 432 g/mol. The van der Waals surface area contributed by atoms with Gasteiger partial charge in [-0.25, -0.2) is 12.7 Å². The molecule has 0 aliphatic rings. The highest BCUT2D eigenvalue weighted by atomic mass is 32.2. The molecule has 0 aliphatic carbocycles. The number of hydrogen-bond acceptors (Lipinski definition) is 4. The fraction of sp³-hybridized carbons (Fsp3) is 0.364. The SMILES string of the molecule is CCN(CC)C(=O)c1ccc(NC(=O)c2cc(C)c(C)c(S(=O)(=O)N(C)C)c2)cc1. The Morgan fingerprint density at radius 3 is 2.00 bits per heavy atom. The van der Waals surface area contributed by atoms with E-state index in [1.807, 2.05) is 13.8 Å². The molecule has 1 N–H and O–H groups in total. The summed E-state index contributed by atoms with van der Waals surface area (Å²) in [4.78, 5) is 27.0. The highest BCUT2D eigenvalue weighted by Gasteiger charge is 2.23. The molecule has 2 rings (SSSR count). The van der Waals surface area contributed by atoms with Crippen LogP contribution in [0.4, 0.5) is 5.69 Å². The fourth-order valence-corrected chi connectivity index (χ4v) is 4.23. The molecule has 0 aromatic heterocycles. The topological polar surface area (TPSA) is 86.8 Å². The third-order valence-corrected chi connectivity index (χ3v) is 7.02. The standard InChI is InChI=1S/C22H29N3O4S/c1-7-25(8-2)22(27)17-9-11-19(12-10-17)23-21(26)18-13-15(3)16(4)20(14-18)30(28,29)24(5)6/h9-14H,7-8H2,1-6H3,(H,23,26). The maximum atomic E-state index is 12.8. The van der Waals surface area contributed by atoms with Crippen molar-refractivity contribution in [3.05, 3.63) is 58.7 Å².